The number of aromatic nitrogens is 1. The SMILES string of the molecule is C/C=C\C=C/CCCC.CCC(CCN(C)CC1CN(C(=O)c2cccc3cc[nH]c23)CC1C)c1ccc(F)cc1. The number of nitrogens with zero attached hydrogens (tertiary/aromatic N) is 2. The predicted molar refractivity (Wildman–Crippen MR) is 172 cm³/mol. The van der Waals surface area contributed by atoms with Gasteiger partial charge in [0.05, 0.1) is 11.1 Å². The number of para-hydroxylation sites is 1. The van der Waals surface area contributed by atoms with Crippen LogP contribution in [0.2, 0.25) is 0 Å². The number of amides is 1. The van der Waals surface area contributed by atoms with E-state index in [4.69, 9.17) is 0 Å². The summed E-state index contributed by atoms with van der Waals surface area (Å²) >= 11 is 0. The third-order valence-electron chi connectivity index (χ3n) is 8.28. The lowest BCUT2D eigenvalue weighted by Gasteiger charge is -2.25. The minimum Gasteiger partial charge on any atom is -0.361 e. The highest BCUT2D eigenvalue weighted by molar-refractivity contribution is 6.05. The van der Waals surface area contributed by atoms with E-state index in [-0.39, 0.29) is 11.7 Å². The molecule has 1 N–H and O–H groups in total. The zero-order valence-electron chi connectivity index (χ0n) is 25.8. The number of fused-ring (bicyclic) bond motifs is 1. The number of carbonyl (C=O) groups excluding carboxylic acids is 1. The van der Waals surface area contributed by atoms with E-state index in [1.165, 1.54) is 24.8 Å². The number of benzene rings is 2. The van der Waals surface area contributed by atoms with Crippen molar-refractivity contribution in [2.24, 2.45) is 11.8 Å². The normalized spacial score (nSPS) is 18.0. The Kier molecular flexibility index (Phi) is 13.4. The smallest absolute Gasteiger partial charge is 0.256 e. The van der Waals surface area contributed by atoms with Crippen LogP contribution in [0.5, 0.6) is 0 Å². The summed E-state index contributed by atoms with van der Waals surface area (Å²) in [6.45, 7) is 12.3. The molecular weight excluding hydrogens is 509 g/mol. The first kappa shape index (κ1) is 32.3. The van der Waals surface area contributed by atoms with Crippen molar-refractivity contribution in [3.05, 3.63) is 96.0 Å². The number of allylic oxidation sites excluding steroid dienone is 4. The maximum atomic E-state index is 13.3. The molecule has 1 amide bonds. The molecule has 3 aromatic rings. The molecular formula is C36H50FN3O. The molecule has 1 aromatic heterocycles. The van der Waals surface area contributed by atoms with Gasteiger partial charge in [-0.1, -0.05) is 82.2 Å². The van der Waals surface area contributed by atoms with Crippen molar-refractivity contribution in [3.8, 4) is 0 Å². The van der Waals surface area contributed by atoms with Gasteiger partial charge in [-0.2, -0.15) is 0 Å². The number of nitrogens with one attached hydrogen (secondary N) is 1. The van der Waals surface area contributed by atoms with E-state index in [0.29, 0.717) is 17.8 Å². The number of carbonyl (C=O) groups is 1. The molecule has 2 heterocycles. The summed E-state index contributed by atoms with van der Waals surface area (Å²) in [5, 5.41) is 1.08. The predicted octanol–water partition coefficient (Wildman–Crippen LogP) is 8.84. The van der Waals surface area contributed by atoms with Crippen LogP contribution in [0.3, 0.4) is 0 Å². The van der Waals surface area contributed by atoms with E-state index in [1.54, 1.807) is 12.1 Å². The maximum absolute atomic E-state index is 13.3. The summed E-state index contributed by atoms with van der Waals surface area (Å²) in [5.41, 5.74) is 2.91. The summed E-state index contributed by atoms with van der Waals surface area (Å²) in [5.74, 6) is 1.33. The maximum Gasteiger partial charge on any atom is 0.256 e. The Hall–Kier alpha value is -3.18. The molecule has 4 rings (SSSR count). The number of likely N-dealkylation sites (tertiary alicyclic amines) is 1. The summed E-state index contributed by atoms with van der Waals surface area (Å²) in [6, 6.07) is 14.9. The second-order valence-electron chi connectivity index (χ2n) is 11.5. The monoisotopic (exact) mass is 559 g/mol. The molecule has 1 aliphatic rings. The Morgan fingerprint density at radius 2 is 1.90 bits per heavy atom. The minimum absolute atomic E-state index is 0.123. The van der Waals surface area contributed by atoms with Crippen LogP contribution in [0.4, 0.5) is 4.39 Å². The Bertz CT molecular complexity index is 1250. The average Bonchev–Trinajstić information content (AvgIpc) is 3.61. The Labute approximate surface area is 247 Å². The van der Waals surface area contributed by atoms with E-state index >= 15 is 0 Å². The molecule has 0 aliphatic carbocycles. The highest BCUT2D eigenvalue weighted by Gasteiger charge is 2.34. The summed E-state index contributed by atoms with van der Waals surface area (Å²) in [7, 11) is 2.17. The Balaban J connectivity index is 0.000000445. The van der Waals surface area contributed by atoms with Crippen molar-refractivity contribution in [2.75, 3.05) is 33.2 Å². The van der Waals surface area contributed by atoms with Gasteiger partial charge >= 0.3 is 0 Å². The third-order valence-corrected chi connectivity index (χ3v) is 8.28. The summed E-state index contributed by atoms with van der Waals surface area (Å²) in [6.07, 6.45) is 16.2. The van der Waals surface area contributed by atoms with Gasteiger partial charge in [-0.05, 0) is 87.4 Å². The van der Waals surface area contributed by atoms with Crippen LogP contribution >= 0.6 is 0 Å². The van der Waals surface area contributed by atoms with Gasteiger partial charge in [-0.25, -0.2) is 4.39 Å². The lowest BCUT2D eigenvalue weighted by molar-refractivity contribution is 0.0784. The van der Waals surface area contributed by atoms with Gasteiger partial charge in [-0.15, -0.1) is 0 Å². The molecule has 1 saturated heterocycles. The van der Waals surface area contributed by atoms with Crippen LogP contribution < -0.4 is 0 Å². The number of halogens is 1. The van der Waals surface area contributed by atoms with E-state index in [2.05, 4.69) is 55.9 Å². The quantitative estimate of drug-likeness (QED) is 0.178. The Morgan fingerprint density at radius 1 is 1.12 bits per heavy atom. The van der Waals surface area contributed by atoms with Gasteiger partial charge in [0.2, 0.25) is 0 Å². The molecule has 222 valence electrons. The number of H-pyrrole nitrogens is 1. The van der Waals surface area contributed by atoms with E-state index < -0.39 is 0 Å². The number of hydrogen-bond donors (Lipinski definition) is 1. The Morgan fingerprint density at radius 3 is 2.61 bits per heavy atom. The van der Waals surface area contributed by atoms with Crippen LogP contribution in [0.25, 0.3) is 10.9 Å². The van der Waals surface area contributed by atoms with E-state index in [9.17, 15) is 9.18 Å². The zero-order valence-corrected chi connectivity index (χ0v) is 25.8. The highest BCUT2D eigenvalue weighted by Crippen LogP contribution is 2.28. The number of aromatic amines is 1. The van der Waals surface area contributed by atoms with Gasteiger partial charge in [-0.3, -0.25) is 4.79 Å². The molecule has 3 unspecified atom stereocenters. The molecule has 0 bridgehead atoms. The van der Waals surface area contributed by atoms with Crippen molar-refractivity contribution < 1.29 is 9.18 Å². The van der Waals surface area contributed by atoms with E-state index in [0.717, 1.165) is 55.5 Å². The topological polar surface area (TPSA) is 39.3 Å². The first-order valence-corrected chi connectivity index (χ1v) is 15.4. The lowest BCUT2D eigenvalue weighted by atomic mass is 9.92. The van der Waals surface area contributed by atoms with Gasteiger partial charge < -0.3 is 14.8 Å². The second-order valence-corrected chi connectivity index (χ2v) is 11.5. The van der Waals surface area contributed by atoms with Crippen LogP contribution in [-0.2, 0) is 0 Å². The van der Waals surface area contributed by atoms with Gasteiger partial charge in [0.1, 0.15) is 5.82 Å². The number of hydrogen-bond acceptors (Lipinski definition) is 2. The van der Waals surface area contributed by atoms with Crippen LogP contribution in [0.1, 0.15) is 81.6 Å². The molecule has 0 radical (unpaired) electrons. The van der Waals surface area contributed by atoms with E-state index in [1.807, 2.05) is 60.5 Å². The van der Waals surface area contributed by atoms with Crippen molar-refractivity contribution in [1.82, 2.24) is 14.8 Å². The number of rotatable bonds is 12. The standard InChI is InChI=1S/C27H34FN3O.C9H16/c1-4-20(21-8-10-24(28)11-9-21)13-15-30(3)17-23-18-31(16-19(23)2)27(32)25-7-5-6-22-12-14-29-26(22)25;1-3-5-7-9-8-6-4-2/h5-12,14,19-20,23,29H,4,13,15-18H2,1-3H3;3,5,7,9H,4,6,8H2,1-2H3/b;5-3-,9-7-. The molecule has 1 fully saturated rings. The molecule has 41 heavy (non-hydrogen) atoms. The first-order chi connectivity index (χ1) is 19.9. The second kappa shape index (κ2) is 16.9. The van der Waals surface area contributed by atoms with Crippen LogP contribution in [0, 0.1) is 17.7 Å². The molecule has 0 spiro atoms. The molecule has 5 heteroatoms. The van der Waals surface area contributed by atoms with Crippen molar-refractivity contribution in [1.29, 1.82) is 0 Å². The van der Waals surface area contributed by atoms with Crippen LogP contribution in [0.15, 0.2) is 79.0 Å². The average molecular weight is 560 g/mol. The molecule has 0 saturated carbocycles. The van der Waals surface area contributed by atoms with Gasteiger partial charge in [0.15, 0.2) is 0 Å². The van der Waals surface area contributed by atoms with Crippen molar-refractivity contribution in [3.63, 3.8) is 0 Å². The molecule has 2 aromatic carbocycles. The molecule has 3 atom stereocenters. The van der Waals surface area contributed by atoms with Crippen LogP contribution in [-0.4, -0.2) is 53.9 Å². The number of unbranched alkanes of at least 4 members (excludes halogenated alkanes) is 2. The molecule has 1 aliphatic heterocycles. The zero-order chi connectivity index (χ0) is 29.6. The lowest BCUT2D eigenvalue weighted by Crippen LogP contribution is -2.32. The fourth-order valence-electron chi connectivity index (χ4n) is 5.69. The highest BCUT2D eigenvalue weighted by atomic mass is 19.1. The van der Waals surface area contributed by atoms with Crippen molar-refractivity contribution >= 4 is 16.8 Å². The molecule has 4 nitrogen and oxygen atoms in total. The van der Waals surface area contributed by atoms with Crippen molar-refractivity contribution in [2.45, 2.75) is 65.7 Å². The third kappa shape index (κ3) is 9.71. The van der Waals surface area contributed by atoms with Gasteiger partial charge in [0, 0.05) is 31.2 Å². The largest absolute Gasteiger partial charge is 0.361 e. The minimum atomic E-state index is -0.178. The summed E-state index contributed by atoms with van der Waals surface area (Å²) < 4.78 is 13.3. The fraction of sp³-hybridized carbons (Fsp3) is 0.472. The summed E-state index contributed by atoms with van der Waals surface area (Å²) in [4.78, 5) is 20.9. The fourth-order valence-corrected chi connectivity index (χ4v) is 5.69. The first-order valence-electron chi connectivity index (χ1n) is 15.4. The van der Waals surface area contributed by atoms with Gasteiger partial charge in [0.25, 0.3) is 5.91 Å².